The summed E-state index contributed by atoms with van der Waals surface area (Å²) < 4.78 is 11.5. The van der Waals surface area contributed by atoms with Crippen LogP contribution in [0, 0.1) is 11.3 Å². The van der Waals surface area contributed by atoms with E-state index in [2.05, 4.69) is 26.1 Å². The Labute approximate surface area is 143 Å². The van der Waals surface area contributed by atoms with E-state index < -0.39 is 5.97 Å². The van der Waals surface area contributed by atoms with Gasteiger partial charge in [-0.15, -0.1) is 21.5 Å². The van der Waals surface area contributed by atoms with E-state index in [0.717, 1.165) is 8.66 Å². The first-order valence-corrected chi connectivity index (χ1v) is 8.02. The molecule has 0 amide bonds. The summed E-state index contributed by atoms with van der Waals surface area (Å²) in [5, 5.41) is 16.6. The summed E-state index contributed by atoms with van der Waals surface area (Å²) in [6.45, 7) is -0.130. The molecule has 23 heavy (non-hydrogen) atoms. The van der Waals surface area contributed by atoms with Gasteiger partial charge in [0.25, 0.3) is 11.8 Å². The zero-order valence-corrected chi connectivity index (χ0v) is 13.9. The third kappa shape index (κ3) is 3.64. The molecular formula is C15H8BrN3O3S. The van der Waals surface area contributed by atoms with Crippen LogP contribution in [-0.4, -0.2) is 16.2 Å². The van der Waals surface area contributed by atoms with Crippen molar-refractivity contribution in [1.82, 2.24) is 10.2 Å². The number of ether oxygens (including phenoxy) is 1. The Kier molecular flexibility index (Phi) is 4.50. The van der Waals surface area contributed by atoms with Gasteiger partial charge in [0, 0.05) is 0 Å². The smallest absolute Gasteiger partial charge is 0.338 e. The number of thiophene rings is 1. The lowest BCUT2D eigenvalue weighted by Crippen LogP contribution is -2.05. The highest BCUT2D eigenvalue weighted by Crippen LogP contribution is 2.30. The Morgan fingerprint density at radius 3 is 2.96 bits per heavy atom. The normalized spacial score (nSPS) is 10.3. The maximum absolute atomic E-state index is 11.9. The number of aromatic nitrogens is 2. The van der Waals surface area contributed by atoms with Crippen molar-refractivity contribution in [3.05, 3.63) is 57.2 Å². The van der Waals surface area contributed by atoms with Crippen LogP contribution in [0.4, 0.5) is 0 Å². The Balaban J connectivity index is 1.65. The SMILES string of the molecule is N#Cc1cccc(C(=O)OCc2nnc(-c3ccc(Br)s3)o2)c1. The summed E-state index contributed by atoms with van der Waals surface area (Å²) in [6.07, 6.45) is 0. The molecule has 0 aliphatic rings. The van der Waals surface area contributed by atoms with Crippen LogP contribution in [0.5, 0.6) is 0 Å². The number of benzene rings is 1. The van der Waals surface area contributed by atoms with Crippen molar-refractivity contribution in [1.29, 1.82) is 5.26 Å². The van der Waals surface area contributed by atoms with Gasteiger partial charge in [-0.3, -0.25) is 0 Å². The van der Waals surface area contributed by atoms with Gasteiger partial charge in [0.2, 0.25) is 0 Å². The Bertz CT molecular complexity index is 897. The van der Waals surface area contributed by atoms with E-state index in [1.54, 1.807) is 18.2 Å². The van der Waals surface area contributed by atoms with Crippen LogP contribution in [0.15, 0.2) is 44.6 Å². The number of nitrogens with zero attached hydrogens (tertiary/aromatic N) is 3. The molecule has 0 saturated carbocycles. The minimum Gasteiger partial charge on any atom is -0.452 e. The van der Waals surface area contributed by atoms with Crippen molar-refractivity contribution >= 4 is 33.2 Å². The summed E-state index contributed by atoms with van der Waals surface area (Å²) in [4.78, 5) is 12.8. The third-order valence-electron chi connectivity index (χ3n) is 2.80. The average molecular weight is 390 g/mol. The molecule has 0 N–H and O–H groups in total. The molecule has 3 aromatic rings. The highest BCUT2D eigenvalue weighted by Gasteiger charge is 2.13. The fraction of sp³-hybridized carbons (Fsp3) is 0.0667. The number of nitriles is 1. The van der Waals surface area contributed by atoms with Gasteiger partial charge in [0.05, 0.1) is 25.9 Å². The standard InChI is InChI=1S/C15H8BrN3O3S/c16-12-5-4-11(23-12)14-19-18-13(22-14)8-21-15(20)10-3-1-2-9(6-10)7-17/h1-6H,8H2. The zero-order valence-electron chi connectivity index (χ0n) is 11.5. The van der Waals surface area contributed by atoms with Crippen LogP contribution in [-0.2, 0) is 11.3 Å². The number of carbonyl (C=O) groups excluding carboxylic acids is 1. The molecule has 3 rings (SSSR count). The molecule has 6 nitrogen and oxygen atoms in total. The van der Waals surface area contributed by atoms with Crippen LogP contribution in [0.2, 0.25) is 0 Å². The van der Waals surface area contributed by atoms with Gasteiger partial charge in [-0.05, 0) is 46.3 Å². The van der Waals surface area contributed by atoms with E-state index in [1.807, 2.05) is 18.2 Å². The van der Waals surface area contributed by atoms with Gasteiger partial charge in [-0.1, -0.05) is 6.07 Å². The molecule has 0 radical (unpaired) electrons. The highest BCUT2D eigenvalue weighted by atomic mass is 79.9. The minimum atomic E-state index is -0.555. The number of hydrogen-bond acceptors (Lipinski definition) is 7. The van der Waals surface area contributed by atoms with Crippen molar-refractivity contribution in [3.8, 4) is 16.8 Å². The first-order chi connectivity index (χ1) is 11.2. The predicted octanol–water partition coefficient (Wildman–Crippen LogP) is 3.79. The summed E-state index contributed by atoms with van der Waals surface area (Å²) in [6, 6.07) is 12.0. The summed E-state index contributed by atoms with van der Waals surface area (Å²) in [7, 11) is 0. The Morgan fingerprint density at radius 2 is 2.22 bits per heavy atom. The lowest BCUT2D eigenvalue weighted by Gasteiger charge is -2.01. The van der Waals surface area contributed by atoms with Crippen LogP contribution < -0.4 is 0 Å². The number of carbonyl (C=O) groups is 1. The number of rotatable bonds is 4. The summed E-state index contributed by atoms with van der Waals surface area (Å²) in [5.41, 5.74) is 0.689. The topological polar surface area (TPSA) is 89.0 Å². The van der Waals surface area contributed by atoms with E-state index in [9.17, 15) is 4.79 Å². The predicted molar refractivity (Wildman–Crippen MR) is 85.6 cm³/mol. The lowest BCUT2D eigenvalue weighted by atomic mass is 10.1. The molecule has 0 bridgehead atoms. The molecule has 0 aliphatic heterocycles. The van der Waals surface area contributed by atoms with Gasteiger partial charge in [-0.2, -0.15) is 5.26 Å². The third-order valence-corrected chi connectivity index (χ3v) is 4.42. The second-order valence-corrected chi connectivity index (χ2v) is 6.84. The van der Waals surface area contributed by atoms with Crippen molar-refractivity contribution in [2.75, 3.05) is 0 Å². The average Bonchev–Trinajstić information content (AvgIpc) is 3.21. The minimum absolute atomic E-state index is 0.130. The van der Waals surface area contributed by atoms with Gasteiger partial charge >= 0.3 is 5.97 Å². The molecule has 0 aliphatic carbocycles. The fourth-order valence-corrected chi connectivity index (χ4v) is 3.07. The van der Waals surface area contributed by atoms with E-state index in [-0.39, 0.29) is 12.5 Å². The molecule has 8 heteroatoms. The Hall–Kier alpha value is -2.50. The first-order valence-electron chi connectivity index (χ1n) is 6.41. The number of hydrogen-bond donors (Lipinski definition) is 0. The van der Waals surface area contributed by atoms with Crippen LogP contribution in [0.1, 0.15) is 21.8 Å². The van der Waals surface area contributed by atoms with E-state index >= 15 is 0 Å². The molecule has 1 aromatic carbocycles. The maximum Gasteiger partial charge on any atom is 0.338 e. The number of esters is 1. The molecular weight excluding hydrogens is 382 g/mol. The van der Waals surface area contributed by atoms with E-state index in [1.165, 1.54) is 17.4 Å². The summed E-state index contributed by atoms with van der Waals surface area (Å²) >= 11 is 4.82. The van der Waals surface area contributed by atoms with Crippen LogP contribution in [0.25, 0.3) is 10.8 Å². The molecule has 0 saturated heterocycles. The highest BCUT2D eigenvalue weighted by molar-refractivity contribution is 9.11. The van der Waals surface area contributed by atoms with Crippen molar-refractivity contribution in [2.45, 2.75) is 6.61 Å². The van der Waals surface area contributed by atoms with Crippen molar-refractivity contribution in [3.63, 3.8) is 0 Å². The molecule has 0 atom stereocenters. The fourth-order valence-electron chi connectivity index (χ4n) is 1.77. The summed E-state index contributed by atoms with van der Waals surface area (Å²) in [5.74, 6) is 0.0215. The van der Waals surface area contributed by atoms with Gasteiger partial charge in [-0.25, -0.2) is 4.79 Å². The molecule has 114 valence electrons. The quantitative estimate of drug-likeness (QED) is 0.630. The van der Waals surface area contributed by atoms with Crippen molar-refractivity contribution < 1.29 is 13.9 Å². The van der Waals surface area contributed by atoms with Crippen molar-refractivity contribution in [2.24, 2.45) is 0 Å². The van der Waals surface area contributed by atoms with Gasteiger partial charge < -0.3 is 9.15 Å². The molecule has 0 fully saturated rings. The number of halogens is 1. The largest absolute Gasteiger partial charge is 0.452 e. The first kappa shape index (κ1) is 15.4. The second-order valence-electron chi connectivity index (χ2n) is 4.37. The zero-order chi connectivity index (χ0) is 16.2. The lowest BCUT2D eigenvalue weighted by molar-refractivity contribution is 0.0438. The van der Waals surface area contributed by atoms with Crippen LogP contribution >= 0.6 is 27.3 Å². The molecule has 0 unspecified atom stereocenters. The van der Waals surface area contributed by atoms with E-state index in [4.69, 9.17) is 14.4 Å². The molecule has 2 heterocycles. The monoisotopic (exact) mass is 389 g/mol. The maximum atomic E-state index is 11.9. The van der Waals surface area contributed by atoms with Crippen LogP contribution in [0.3, 0.4) is 0 Å². The Morgan fingerprint density at radius 1 is 1.35 bits per heavy atom. The van der Waals surface area contributed by atoms with E-state index in [0.29, 0.717) is 17.0 Å². The molecule has 2 aromatic heterocycles. The van der Waals surface area contributed by atoms with Gasteiger partial charge in [0.1, 0.15) is 0 Å². The molecule has 0 spiro atoms. The second kappa shape index (κ2) is 6.73. The van der Waals surface area contributed by atoms with Gasteiger partial charge in [0.15, 0.2) is 6.61 Å².